The highest BCUT2D eigenvalue weighted by molar-refractivity contribution is 6.07. The maximum Gasteiger partial charge on any atom is 0.255 e. The van der Waals surface area contributed by atoms with Crippen LogP contribution < -0.4 is 20.7 Å². The van der Waals surface area contributed by atoms with Crippen molar-refractivity contribution in [1.29, 1.82) is 0 Å². The van der Waals surface area contributed by atoms with Crippen molar-refractivity contribution < 1.29 is 13.9 Å². The molecule has 0 saturated carbocycles. The summed E-state index contributed by atoms with van der Waals surface area (Å²) in [5.74, 6) is 2.87. The molecule has 1 amide bonds. The Morgan fingerprint density at radius 3 is 2.49 bits per heavy atom. The number of piperidine rings is 1. The van der Waals surface area contributed by atoms with E-state index < -0.39 is 0 Å². The summed E-state index contributed by atoms with van der Waals surface area (Å²) in [7, 11) is 0. The van der Waals surface area contributed by atoms with Crippen LogP contribution in [-0.4, -0.2) is 35.6 Å². The average molecular weight is 570 g/mol. The maximum absolute atomic E-state index is 13.2. The molecule has 1 fully saturated rings. The van der Waals surface area contributed by atoms with E-state index in [-0.39, 0.29) is 5.91 Å². The Labute approximate surface area is 249 Å². The monoisotopic (exact) mass is 569 g/mol. The summed E-state index contributed by atoms with van der Waals surface area (Å²) in [5, 5.41) is 12.7. The predicted molar refractivity (Wildman–Crippen MR) is 170 cm³/mol. The van der Waals surface area contributed by atoms with Crippen LogP contribution in [0.2, 0.25) is 0 Å². The van der Waals surface area contributed by atoms with Gasteiger partial charge in [0.15, 0.2) is 11.6 Å². The largest absolute Gasteiger partial charge is 0.493 e. The molecule has 0 bridgehead atoms. The van der Waals surface area contributed by atoms with Gasteiger partial charge < -0.3 is 25.1 Å². The molecule has 1 aliphatic heterocycles. The zero-order chi connectivity index (χ0) is 29.0. The summed E-state index contributed by atoms with van der Waals surface area (Å²) < 4.78 is 11.7. The van der Waals surface area contributed by atoms with E-state index >= 15 is 0 Å². The number of carbonyl (C=O) groups is 1. The number of anilines is 3. The van der Waals surface area contributed by atoms with Crippen molar-refractivity contribution in [3.63, 3.8) is 0 Å². The smallest absolute Gasteiger partial charge is 0.255 e. The molecule has 3 heterocycles. The molecule has 0 unspecified atom stereocenters. The lowest BCUT2D eigenvalue weighted by Crippen LogP contribution is -2.30. The molecule has 1 aliphatic rings. The lowest BCUT2D eigenvalue weighted by molar-refractivity contribution is 0.102. The average Bonchev–Trinajstić information content (AvgIpc) is 3.60. The summed E-state index contributed by atoms with van der Waals surface area (Å²) >= 11 is 0. The number of nitrogens with one attached hydrogen (secondary N) is 3. The van der Waals surface area contributed by atoms with Gasteiger partial charge in [0.05, 0.1) is 18.4 Å². The van der Waals surface area contributed by atoms with Gasteiger partial charge in [0.2, 0.25) is 0 Å². The van der Waals surface area contributed by atoms with Gasteiger partial charge in [-0.05, 0) is 109 Å². The molecule has 0 atom stereocenters. The van der Waals surface area contributed by atoms with Gasteiger partial charge in [0.1, 0.15) is 11.6 Å². The van der Waals surface area contributed by atoms with Gasteiger partial charge in [-0.15, -0.1) is 0 Å². The topological polar surface area (TPSA) is 101 Å². The highest BCUT2D eigenvalue weighted by Gasteiger charge is 2.16. The Morgan fingerprint density at radius 2 is 1.67 bits per heavy atom. The van der Waals surface area contributed by atoms with Crippen LogP contribution in [-0.2, 0) is 0 Å². The molecule has 0 spiro atoms. The Balaban J connectivity index is 1.15. The Morgan fingerprint density at radius 1 is 0.860 bits per heavy atom. The van der Waals surface area contributed by atoms with Crippen LogP contribution in [0.25, 0.3) is 33.3 Å². The lowest BCUT2D eigenvalue weighted by atomic mass is 9.99. The third-order valence-electron chi connectivity index (χ3n) is 7.77. The maximum atomic E-state index is 13.2. The summed E-state index contributed by atoms with van der Waals surface area (Å²) in [4.78, 5) is 22.7. The van der Waals surface area contributed by atoms with Crippen molar-refractivity contribution in [3.8, 4) is 17.3 Å². The normalized spacial score (nSPS) is 13.7. The van der Waals surface area contributed by atoms with Crippen LogP contribution in [0.3, 0.4) is 0 Å². The first-order valence-electron chi connectivity index (χ1n) is 14.5. The fraction of sp³-hybridized carbons (Fsp3) is 0.171. The third kappa shape index (κ3) is 6.05. The highest BCUT2D eigenvalue weighted by Crippen LogP contribution is 2.31. The van der Waals surface area contributed by atoms with Gasteiger partial charge >= 0.3 is 0 Å². The van der Waals surface area contributed by atoms with Crippen LogP contribution in [0.15, 0.2) is 108 Å². The number of nitrogens with zero attached hydrogens (tertiary/aromatic N) is 2. The summed E-state index contributed by atoms with van der Waals surface area (Å²) in [6, 6.07) is 30.8. The van der Waals surface area contributed by atoms with E-state index in [2.05, 4.69) is 16.0 Å². The van der Waals surface area contributed by atoms with Crippen molar-refractivity contribution in [1.82, 2.24) is 15.3 Å². The van der Waals surface area contributed by atoms with Crippen molar-refractivity contribution in [2.45, 2.75) is 12.8 Å². The number of hydrogen-bond donors (Lipinski definition) is 3. The van der Waals surface area contributed by atoms with E-state index in [1.54, 1.807) is 6.26 Å². The molecule has 2 aromatic heterocycles. The highest BCUT2D eigenvalue weighted by atomic mass is 16.5. The summed E-state index contributed by atoms with van der Waals surface area (Å²) in [6.45, 7) is 2.84. The van der Waals surface area contributed by atoms with Gasteiger partial charge in [0.25, 0.3) is 5.91 Å². The van der Waals surface area contributed by atoms with E-state index in [0.717, 1.165) is 65.7 Å². The first-order valence-corrected chi connectivity index (χ1v) is 14.5. The fourth-order valence-electron chi connectivity index (χ4n) is 5.38. The number of amides is 1. The molecule has 0 aliphatic carbocycles. The Kier molecular flexibility index (Phi) is 7.41. The van der Waals surface area contributed by atoms with Gasteiger partial charge in [-0.3, -0.25) is 4.79 Å². The molecule has 3 N–H and O–H groups in total. The third-order valence-corrected chi connectivity index (χ3v) is 7.77. The first kappa shape index (κ1) is 26.7. The second-order valence-electron chi connectivity index (χ2n) is 10.8. The van der Waals surface area contributed by atoms with Gasteiger partial charge in [-0.2, -0.15) is 0 Å². The van der Waals surface area contributed by atoms with E-state index in [1.807, 2.05) is 97.1 Å². The number of furan rings is 1. The first-order chi connectivity index (χ1) is 21.2. The number of benzene rings is 4. The molecule has 0 radical (unpaired) electrons. The second kappa shape index (κ2) is 12.0. The second-order valence-corrected chi connectivity index (χ2v) is 10.8. The fourth-order valence-corrected chi connectivity index (χ4v) is 5.38. The number of rotatable bonds is 8. The van der Waals surface area contributed by atoms with E-state index in [9.17, 15) is 4.79 Å². The molecule has 4 aromatic carbocycles. The molecular weight excluding hydrogens is 538 g/mol. The van der Waals surface area contributed by atoms with E-state index in [1.165, 1.54) is 0 Å². The number of carbonyl (C=O) groups excluding carboxylic acids is 1. The predicted octanol–water partition coefficient (Wildman–Crippen LogP) is 7.42. The van der Waals surface area contributed by atoms with Crippen LogP contribution in [0.5, 0.6) is 5.75 Å². The van der Waals surface area contributed by atoms with Gasteiger partial charge in [-0.25, -0.2) is 9.97 Å². The minimum absolute atomic E-state index is 0.187. The lowest BCUT2D eigenvalue weighted by Gasteiger charge is -2.22. The van der Waals surface area contributed by atoms with Crippen molar-refractivity contribution >= 4 is 44.8 Å². The molecule has 7 rings (SSSR count). The zero-order valence-electron chi connectivity index (χ0n) is 23.5. The SMILES string of the molecule is O=C(Nc1ccc2nc(-c3ccco3)nc(Nc3ccc(OCC4CCNCC4)cc3)c2c1)c1ccc2ccccc2c1. The van der Waals surface area contributed by atoms with Crippen molar-refractivity contribution in [3.05, 3.63) is 109 Å². The Bertz CT molecular complexity index is 1880. The quantitative estimate of drug-likeness (QED) is 0.175. The molecule has 43 heavy (non-hydrogen) atoms. The minimum Gasteiger partial charge on any atom is -0.493 e. The molecule has 1 saturated heterocycles. The minimum atomic E-state index is -0.187. The number of fused-ring (bicyclic) bond motifs is 2. The summed E-state index contributed by atoms with van der Waals surface area (Å²) in [6.07, 6.45) is 3.89. The van der Waals surface area contributed by atoms with E-state index in [4.69, 9.17) is 19.1 Å². The number of hydrogen-bond acceptors (Lipinski definition) is 7. The summed E-state index contributed by atoms with van der Waals surface area (Å²) in [5.41, 5.74) is 2.80. The zero-order valence-corrected chi connectivity index (χ0v) is 23.5. The molecule has 214 valence electrons. The van der Waals surface area contributed by atoms with Crippen molar-refractivity contribution in [2.24, 2.45) is 5.92 Å². The molecular formula is C35H31N5O3. The van der Waals surface area contributed by atoms with Crippen molar-refractivity contribution in [2.75, 3.05) is 30.3 Å². The number of aromatic nitrogens is 2. The van der Waals surface area contributed by atoms with Gasteiger partial charge in [-0.1, -0.05) is 30.3 Å². The van der Waals surface area contributed by atoms with Crippen LogP contribution in [0.4, 0.5) is 17.2 Å². The molecule has 8 heteroatoms. The number of ether oxygens (including phenoxy) is 1. The molecule has 6 aromatic rings. The molecule has 8 nitrogen and oxygen atoms in total. The standard InChI is InChI=1S/C35H31N5O3/c41-35(26-8-7-24-4-1-2-5-25(24)20-26)38-28-11-14-31-30(21-28)33(40-34(39-31)32-6-3-19-42-32)37-27-9-12-29(13-10-27)43-22-23-15-17-36-18-16-23/h1-14,19-21,23,36H,15-18,22H2,(H,38,41)(H,37,39,40). The van der Waals surface area contributed by atoms with E-state index in [0.29, 0.717) is 34.6 Å². The Hall–Kier alpha value is -5.21. The van der Waals surface area contributed by atoms with Crippen LogP contribution >= 0.6 is 0 Å². The van der Waals surface area contributed by atoms with Crippen LogP contribution in [0, 0.1) is 5.92 Å². The van der Waals surface area contributed by atoms with Crippen LogP contribution in [0.1, 0.15) is 23.2 Å². The van der Waals surface area contributed by atoms with Gasteiger partial charge in [0, 0.05) is 22.3 Å².